The first kappa shape index (κ1) is 15.0. The molecule has 1 aliphatic rings. The van der Waals surface area contributed by atoms with Crippen LogP contribution < -0.4 is 5.32 Å². The Morgan fingerprint density at radius 1 is 1.40 bits per heavy atom. The Balaban J connectivity index is 2.06. The molecule has 4 heteroatoms. The summed E-state index contributed by atoms with van der Waals surface area (Å²) in [6.45, 7) is 3.75. The fraction of sp³-hybridized carbons (Fsp3) is 0.562. The van der Waals surface area contributed by atoms with Crippen LogP contribution in [0.4, 0.5) is 0 Å². The van der Waals surface area contributed by atoms with Crippen molar-refractivity contribution in [3.05, 3.63) is 35.9 Å². The molecule has 1 fully saturated rings. The zero-order valence-electron chi connectivity index (χ0n) is 12.0. The number of likely N-dealkylation sites (N-methyl/N-ethyl adjacent to an activating group) is 1. The number of rotatable bonds is 9. The number of carboxylic acid groups (broad SMARTS) is 1. The van der Waals surface area contributed by atoms with E-state index in [1.807, 2.05) is 37.3 Å². The van der Waals surface area contributed by atoms with Gasteiger partial charge in [0.15, 0.2) is 0 Å². The number of benzene rings is 1. The molecule has 1 saturated carbocycles. The van der Waals surface area contributed by atoms with Gasteiger partial charge in [-0.05, 0) is 30.9 Å². The maximum Gasteiger partial charge on any atom is 0.328 e. The summed E-state index contributed by atoms with van der Waals surface area (Å²) in [5.74, 6) is -0.148. The van der Waals surface area contributed by atoms with Gasteiger partial charge in [-0.3, -0.25) is 5.32 Å². The molecule has 1 unspecified atom stereocenters. The molecule has 4 nitrogen and oxygen atoms in total. The predicted molar refractivity (Wildman–Crippen MR) is 77.6 cm³/mol. The van der Waals surface area contributed by atoms with Gasteiger partial charge in [-0.2, -0.15) is 0 Å². The second-order valence-electron chi connectivity index (χ2n) is 5.38. The molecule has 1 aliphatic carbocycles. The molecule has 2 rings (SSSR count). The molecular weight excluding hydrogens is 254 g/mol. The lowest BCUT2D eigenvalue weighted by Gasteiger charge is -2.31. The summed E-state index contributed by atoms with van der Waals surface area (Å²) in [5, 5.41) is 12.8. The molecule has 110 valence electrons. The molecule has 2 N–H and O–H groups in total. The van der Waals surface area contributed by atoms with Gasteiger partial charge in [0, 0.05) is 19.6 Å². The third-order valence-corrected chi connectivity index (χ3v) is 3.78. The summed E-state index contributed by atoms with van der Waals surface area (Å²) in [6.07, 6.45) is 2.93. The highest BCUT2D eigenvalue weighted by Crippen LogP contribution is 2.30. The van der Waals surface area contributed by atoms with Crippen molar-refractivity contribution < 1.29 is 14.6 Å². The molecule has 0 heterocycles. The zero-order valence-corrected chi connectivity index (χ0v) is 12.0. The normalized spacial score (nSPS) is 17.6. The quantitative estimate of drug-likeness (QED) is 0.680. The van der Waals surface area contributed by atoms with Gasteiger partial charge >= 0.3 is 5.97 Å². The molecule has 20 heavy (non-hydrogen) atoms. The van der Waals surface area contributed by atoms with Crippen LogP contribution in [0.25, 0.3) is 0 Å². The second kappa shape index (κ2) is 6.86. The molecule has 0 saturated heterocycles. The van der Waals surface area contributed by atoms with Crippen LogP contribution in [-0.4, -0.2) is 30.8 Å². The number of carbonyl (C=O) groups is 1. The van der Waals surface area contributed by atoms with E-state index in [0.717, 1.165) is 12.2 Å². The van der Waals surface area contributed by atoms with Crippen LogP contribution in [0.1, 0.15) is 31.7 Å². The van der Waals surface area contributed by atoms with Crippen LogP contribution in [-0.2, 0) is 15.1 Å². The van der Waals surface area contributed by atoms with Gasteiger partial charge in [0.25, 0.3) is 0 Å². The van der Waals surface area contributed by atoms with Gasteiger partial charge in [-0.1, -0.05) is 37.3 Å². The number of hydrogen-bond donors (Lipinski definition) is 2. The summed E-state index contributed by atoms with van der Waals surface area (Å²) in [6, 6.07) is 9.35. The Labute approximate surface area is 120 Å². The van der Waals surface area contributed by atoms with Crippen molar-refractivity contribution in [2.75, 3.05) is 19.8 Å². The van der Waals surface area contributed by atoms with E-state index in [1.165, 1.54) is 12.8 Å². The fourth-order valence-corrected chi connectivity index (χ4v) is 2.43. The highest BCUT2D eigenvalue weighted by Gasteiger charge is 2.39. The Kier molecular flexibility index (Phi) is 5.15. The third kappa shape index (κ3) is 3.58. The maximum atomic E-state index is 11.8. The van der Waals surface area contributed by atoms with Crippen molar-refractivity contribution >= 4 is 5.97 Å². The molecule has 0 aliphatic heterocycles. The smallest absolute Gasteiger partial charge is 0.328 e. The summed E-state index contributed by atoms with van der Waals surface area (Å²) in [5.41, 5.74) is -0.274. The first-order valence-electron chi connectivity index (χ1n) is 7.30. The SMILES string of the molecule is CCNC(CCOCC1CC1)(C(=O)O)c1ccccc1. The molecule has 1 aromatic carbocycles. The van der Waals surface area contributed by atoms with Gasteiger partial charge in [0.2, 0.25) is 0 Å². The standard InChI is InChI=1S/C16H23NO3/c1-2-17-16(15(18)19,14-6-4-3-5-7-14)10-11-20-12-13-8-9-13/h3-7,13,17H,2,8-12H2,1H3,(H,18,19). The van der Waals surface area contributed by atoms with E-state index in [2.05, 4.69) is 5.32 Å². The number of aliphatic carboxylic acids is 1. The van der Waals surface area contributed by atoms with Crippen LogP contribution >= 0.6 is 0 Å². The van der Waals surface area contributed by atoms with Crippen molar-refractivity contribution in [2.45, 2.75) is 31.7 Å². The largest absolute Gasteiger partial charge is 0.480 e. The molecule has 1 atom stereocenters. The van der Waals surface area contributed by atoms with Crippen molar-refractivity contribution in [1.82, 2.24) is 5.32 Å². The van der Waals surface area contributed by atoms with Crippen molar-refractivity contribution in [2.24, 2.45) is 5.92 Å². The first-order valence-corrected chi connectivity index (χ1v) is 7.30. The van der Waals surface area contributed by atoms with Gasteiger partial charge in [0.1, 0.15) is 5.54 Å². The predicted octanol–water partition coefficient (Wildman–Crippen LogP) is 2.39. The van der Waals surface area contributed by atoms with Crippen LogP contribution in [0.15, 0.2) is 30.3 Å². The molecule has 0 aromatic heterocycles. The average molecular weight is 277 g/mol. The minimum Gasteiger partial charge on any atom is -0.480 e. The summed E-state index contributed by atoms with van der Waals surface area (Å²) in [4.78, 5) is 11.8. The molecular formula is C16H23NO3. The van der Waals surface area contributed by atoms with Crippen LogP contribution in [0.3, 0.4) is 0 Å². The summed E-state index contributed by atoms with van der Waals surface area (Å²) in [7, 11) is 0. The van der Waals surface area contributed by atoms with E-state index in [0.29, 0.717) is 25.5 Å². The van der Waals surface area contributed by atoms with E-state index in [1.54, 1.807) is 0 Å². The topological polar surface area (TPSA) is 58.6 Å². The van der Waals surface area contributed by atoms with E-state index >= 15 is 0 Å². The molecule has 1 aromatic rings. The summed E-state index contributed by atoms with van der Waals surface area (Å²) < 4.78 is 5.63. The van der Waals surface area contributed by atoms with E-state index in [-0.39, 0.29) is 0 Å². The van der Waals surface area contributed by atoms with E-state index in [4.69, 9.17) is 4.74 Å². The van der Waals surface area contributed by atoms with Crippen molar-refractivity contribution in [1.29, 1.82) is 0 Å². The van der Waals surface area contributed by atoms with Gasteiger partial charge in [-0.15, -0.1) is 0 Å². The Bertz CT molecular complexity index is 431. The van der Waals surface area contributed by atoms with Gasteiger partial charge < -0.3 is 9.84 Å². The molecule has 0 radical (unpaired) electrons. The fourth-order valence-electron chi connectivity index (χ4n) is 2.43. The Morgan fingerprint density at radius 3 is 2.65 bits per heavy atom. The van der Waals surface area contributed by atoms with Gasteiger partial charge in [0.05, 0.1) is 0 Å². The number of ether oxygens (including phenoxy) is 1. The molecule has 0 bridgehead atoms. The minimum atomic E-state index is -1.06. The van der Waals surface area contributed by atoms with Crippen LogP contribution in [0, 0.1) is 5.92 Å². The Morgan fingerprint density at radius 2 is 2.10 bits per heavy atom. The highest BCUT2D eigenvalue weighted by atomic mass is 16.5. The summed E-state index contributed by atoms with van der Waals surface area (Å²) >= 11 is 0. The van der Waals surface area contributed by atoms with Crippen molar-refractivity contribution in [3.63, 3.8) is 0 Å². The second-order valence-corrected chi connectivity index (χ2v) is 5.38. The number of nitrogens with one attached hydrogen (secondary N) is 1. The lowest BCUT2D eigenvalue weighted by Crippen LogP contribution is -2.50. The average Bonchev–Trinajstić information content (AvgIpc) is 3.27. The minimum absolute atomic E-state index is 0.437. The van der Waals surface area contributed by atoms with Crippen LogP contribution in [0.5, 0.6) is 0 Å². The molecule has 0 spiro atoms. The zero-order chi connectivity index (χ0) is 14.4. The van der Waals surface area contributed by atoms with Crippen LogP contribution in [0.2, 0.25) is 0 Å². The maximum absolute atomic E-state index is 11.8. The monoisotopic (exact) mass is 277 g/mol. The molecule has 0 amide bonds. The van der Waals surface area contributed by atoms with Gasteiger partial charge in [-0.25, -0.2) is 4.79 Å². The lowest BCUT2D eigenvalue weighted by molar-refractivity contribution is -0.146. The number of carboxylic acids is 1. The van der Waals surface area contributed by atoms with Crippen molar-refractivity contribution in [3.8, 4) is 0 Å². The number of hydrogen-bond acceptors (Lipinski definition) is 3. The Hall–Kier alpha value is -1.39. The van der Waals surface area contributed by atoms with E-state index < -0.39 is 11.5 Å². The first-order chi connectivity index (χ1) is 9.69. The highest BCUT2D eigenvalue weighted by molar-refractivity contribution is 5.80. The van der Waals surface area contributed by atoms with E-state index in [9.17, 15) is 9.90 Å². The lowest BCUT2D eigenvalue weighted by atomic mass is 9.86. The third-order valence-electron chi connectivity index (χ3n) is 3.78.